The lowest BCUT2D eigenvalue weighted by Crippen LogP contribution is -2.17. The van der Waals surface area contributed by atoms with Crippen molar-refractivity contribution in [2.24, 2.45) is 0 Å². The molecule has 1 atom stereocenters. The first kappa shape index (κ1) is 23.2. The first-order chi connectivity index (χ1) is 14.7. The van der Waals surface area contributed by atoms with E-state index in [-0.39, 0.29) is 23.5 Å². The van der Waals surface area contributed by atoms with Crippen LogP contribution < -0.4 is 10.1 Å². The third-order valence-corrected chi connectivity index (χ3v) is 5.83. The van der Waals surface area contributed by atoms with E-state index in [1.54, 1.807) is 12.1 Å². The molecule has 3 rings (SSSR count). The van der Waals surface area contributed by atoms with Crippen LogP contribution in [-0.4, -0.2) is 26.4 Å². The summed E-state index contributed by atoms with van der Waals surface area (Å²) in [5, 5.41) is 11.8. The minimum atomic E-state index is -0.432. The molecule has 3 aromatic rings. The van der Waals surface area contributed by atoms with Crippen LogP contribution in [-0.2, 0) is 4.79 Å². The van der Waals surface area contributed by atoms with Crippen molar-refractivity contribution in [3.8, 4) is 5.75 Å². The van der Waals surface area contributed by atoms with E-state index in [1.165, 1.54) is 42.1 Å². The van der Waals surface area contributed by atoms with E-state index in [2.05, 4.69) is 31.4 Å². The number of anilines is 1. The van der Waals surface area contributed by atoms with Crippen molar-refractivity contribution in [3.63, 3.8) is 0 Å². The van der Waals surface area contributed by atoms with E-state index < -0.39 is 11.9 Å². The topological polar surface area (TPSA) is 69.0 Å². The van der Waals surface area contributed by atoms with Crippen LogP contribution in [0.15, 0.2) is 52.1 Å². The molecule has 0 bridgehead atoms. The Balaban J connectivity index is 1.68. The highest BCUT2D eigenvalue weighted by molar-refractivity contribution is 9.10. The van der Waals surface area contributed by atoms with E-state index in [0.717, 1.165) is 0 Å². The quantitative estimate of drug-likeness (QED) is 0.389. The molecule has 6 nitrogen and oxygen atoms in total. The summed E-state index contributed by atoms with van der Waals surface area (Å²) in [6.07, 6.45) is -0.432. The summed E-state index contributed by atoms with van der Waals surface area (Å²) >= 11 is 4.47. The number of carbonyl (C=O) groups is 1. The maximum atomic E-state index is 13.2. The Labute approximate surface area is 191 Å². The maximum absolute atomic E-state index is 13.2. The van der Waals surface area contributed by atoms with Crippen LogP contribution in [0.5, 0.6) is 5.75 Å². The average molecular weight is 511 g/mol. The van der Waals surface area contributed by atoms with Gasteiger partial charge in [-0.25, -0.2) is 8.78 Å². The van der Waals surface area contributed by atoms with Gasteiger partial charge in [-0.3, -0.25) is 4.79 Å². The van der Waals surface area contributed by atoms with Crippen LogP contribution in [0.1, 0.15) is 38.7 Å². The summed E-state index contributed by atoms with van der Waals surface area (Å²) in [5.41, 5.74) is 0.485. The molecule has 1 aromatic heterocycles. The zero-order valence-electron chi connectivity index (χ0n) is 17.1. The van der Waals surface area contributed by atoms with Gasteiger partial charge in [-0.1, -0.05) is 11.8 Å². The number of benzene rings is 2. The molecule has 0 saturated heterocycles. The van der Waals surface area contributed by atoms with Crippen molar-refractivity contribution in [1.29, 1.82) is 0 Å². The van der Waals surface area contributed by atoms with Crippen LogP contribution in [0.3, 0.4) is 0 Å². The number of nitrogens with one attached hydrogen (secondary N) is 1. The number of carbonyl (C=O) groups excluding carboxylic acids is 1. The number of hydrogen-bond acceptors (Lipinski definition) is 5. The second kappa shape index (κ2) is 10.2. The number of amides is 1. The molecule has 0 aliphatic heterocycles. The highest BCUT2D eigenvalue weighted by Gasteiger charge is 2.22. The van der Waals surface area contributed by atoms with Crippen LogP contribution in [0.4, 0.5) is 14.5 Å². The van der Waals surface area contributed by atoms with Crippen molar-refractivity contribution in [1.82, 2.24) is 14.8 Å². The van der Waals surface area contributed by atoms with Gasteiger partial charge in [0.2, 0.25) is 5.91 Å². The highest BCUT2D eigenvalue weighted by Crippen LogP contribution is 2.28. The number of rotatable bonds is 8. The fraction of sp³-hybridized carbons (Fsp3) is 0.286. The van der Waals surface area contributed by atoms with Gasteiger partial charge < -0.3 is 14.6 Å². The lowest BCUT2D eigenvalue weighted by molar-refractivity contribution is -0.113. The van der Waals surface area contributed by atoms with E-state index in [0.29, 0.717) is 26.9 Å². The normalized spacial score (nSPS) is 12.1. The fourth-order valence-electron chi connectivity index (χ4n) is 2.83. The van der Waals surface area contributed by atoms with E-state index in [4.69, 9.17) is 4.74 Å². The molecule has 0 radical (unpaired) electrons. The van der Waals surface area contributed by atoms with Crippen molar-refractivity contribution >= 4 is 39.3 Å². The number of nitrogens with zero attached hydrogens (tertiary/aromatic N) is 3. The van der Waals surface area contributed by atoms with Crippen molar-refractivity contribution in [2.45, 2.75) is 38.1 Å². The molecule has 31 heavy (non-hydrogen) atoms. The van der Waals surface area contributed by atoms with Crippen LogP contribution in [0, 0.1) is 11.6 Å². The molecular formula is C21H21BrF2N4O2S. The minimum Gasteiger partial charge on any atom is -0.483 e. The van der Waals surface area contributed by atoms with Gasteiger partial charge in [-0.15, -0.1) is 10.2 Å². The van der Waals surface area contributed by atoms with Crippen LogP contribution in [0.2, 0.25) is 0 Å². The predicted octanol–water partition coefficient (Wildman–Crippen LogP) is 5.77. The number of halogens is 3. The number of thioether (sulfide) groups is 1. The Morgan fingerprint density at radius 2 is 1.81 bits per heavy atom. The molecule has 1 N–H and O–H groups in total. The zero-order valence-corrected chi connectivity index (χ0v) is 19.5. The summed E-state index contributed by atoms with van der Waals surface area (Å²) in [6.45, 7) is 5.80. The molecule has 0 aliphatic carbocycles. The molecule has 0 saturated carbocycles. The lowest BCUT2D eigenvalue weighted by Gasteiger charge is -2.18. The first-order valence-electron chi connectivity index (χ1n) is 9.49. The second-order valence-corrected chi connectivity index (χ2v) is 8.78. The van der Waals surface area contributed by atoms with Gasteiger partial charge in [-0.05, 0) is 79.2 Å². The van der Waals surface area contributed by atoms with Gasteiger partial charge in [0.15, 0.2) is 17.1 Å². The summed E-state index contributed by atoms with van der Waals surface area (Å²) in [4.78, 5) is 12.4. The summed E-state index contributed by atoms with van der Waals surface area (Å²) in [6, 6.07) is 9.84. The van der Waals surface area contributed by atoms with Gasteiger partial charge in [0.05, 0.1) is 11.4 Å². The van der Waals surface area contributed by atoms with Crippen molar-refractivity contribution in [3.05, 3.63) is 64.4 Å². The van der Waals surface area contributed by atoms with Crippen molar-refractivity contribution in [2.75, 3.05) is 11.1 Å². The Kier molecular flexibility index (Phi) is 7.66. The van der Waals surface area contributed by atoms with Crippen LogP contribution >= 0.6 is 27.7 Å². The number of ether oxygens (including phenoxy) is 1. The molecule has 10 heteroatoms. The molecule has 0 aliphatic rings. The fourth-order valence-corrected chi connectivity index (χ4v) is 4.15. The SMILES string of the molecule is CC(Oc1ccc(F)cc1)c1nnc(SCC(=O)Nc2ccc(F)cc2Br)n1C(C)C. The molecular weight excluding hydrogens is 490 g/mol. The summed E-state index contributed by atoms with van der Waals surface area (Å²) in [5.74, 6) is 0.229. The molecule has 0 fully saturated rings. The van der Waals surface area contributed by atoms with Gasteiger partial charge in [0.25, 0.3) is 0 Å². The summed E-state index contributed by atoms with van der Waals surface area (Å²) < 4.78 is 34.6. The maximum Gasteiger partial charge on any atom is 0.234 e. The Hall–Kier alpha value is -2.46. The first-order valence-corrected chi connectivity index (χ1v) is 11.3. The summed E-state index contributed by atoms with van der Waals surface area (Å²) in [7, 11) is 0. The van der Waals surface area contributed by atoms with Gasteiger partial charge in [-0.2, -0.15) is 0 Å². The number of aromatic nitrogens is 3. The minimum absolute atomic E-state index is 0.0288. The molecule has 1 amide bonds. The third kappa shape index (κ3) is 6.04. The standard InChI is InChI=1S/C21H21BrF2N4O2S/c1-12(2)28-20(13(3)30-16-7-4-14(23)5-8-16)26-27-21(28)31-11-19(29)25-18-9-6-15(24)10-17(18)22/h4-10,12-13H,11H2,1-3H3,(H,25,29). The monoisotopic (exact) mass is 510 g/mol. The highest BCUT2D eigenvalue weighted by atomic mass is 79.9. The van der Waals surface area contributed by atoms with Gasteiger partial charge >= 0.3 is 0 Å². The molecule has 0 spiro atoms. The Bertz CT molecular complexity index is 1060. The number of hydrogen-bond donors (Lipinski definition) is 1. The van der Waals surface area contributed by atoms with E-state index in [9.17, 15) is 13.6 Å². The van der Waals surface area contributed by atoms with E-state index >= 15 is 0 Å². The van der Waals surface area contributed by atoms with Crippen LogP contribution in [0.25, 0.3) is 0 Å². The zero-order chi connectivity index (χ0) is 22.5. The van der Waals surface area contributed by atoms with Crippen molar-refractivity contribution < 1.29 is 18.3 Å². The smallest absolute Gasteiger partial charge is 0.234 e. The Morgan fingerprint density at radius 3 is 2.45 bits per heavy atom. The molecule has 1 unspecified atom stereocenters. The van der Waals surface area contributed by atoms with Gasteiger partial charge in [0.1, 0.15) is 17.4 Å². The lowest BCUT2D eigenvalue weighted by atomic mass is 10.3. The second-order valence-electron chi connectivity index (χ2n) is 6.98. The predicted molar refractivity (Wildman–Crippen MR) is 119 cm³/mol. The average Bonchev–Trinajstić information content (AvgIpc) is 3.15. The third-order valence-electron chi connectivity index (χ3n) is 4.23. The van der Waals surface area contributed by atoms with E-state index in [1.807, 2.05) is 25.3 Å². The Morgan fingerprint density at radius 1 is 1.13 bits per heavy atom. The molecule has 2 aromatic carbocycles. The molecule has 164 valence electrons. The molecule has 1 heterocycles. The largest absolute Gasteiger partial charge is 0.483 e. The van der Waals surface area contributed by atoms with Gasteiger partial charge in [0, 0.05) is 10.5 Å².